The molecule has 0 radical (unpaired) electrons. The van der Waals surface area contributed by atoms with E-state index < -0.39 is 10.0 Å². The summed E-state index contributed by atoms with van der Waals surface area (Å²) in [5.41, 5.74) is 0. The van der Waals surface area contributed by atoms with E-state index in [0.717, 1.165) is 40.9 Å². The van der Waals surface area contributed by atoms with Crippen LogP contribution in [-0.4, -0.2) is 40.2 Å². The monoisotopic (exact) mass is 370 g/mol. The number of aromatic nitrogens is 3. The molecule has 0 N–H and O–H groups in total. The van der Waals surface area contributed by atoms with Gasteiger partial charge in [0.1, 0.15) is 15.7 Å². The van der Waals surface area contributed by atoms with Crippen molar-refractivity contribution in [1.29, 1.82) is 0 Å². The van der Waals surface area contributed by atoms with Gasteiger partial charge in [0, 0.05) is 25.7 Å². The molecular weight excluding hydrogens is 352 g/mol. The Labute approximate surface area is 144 Å². The van der Waals surface area contributed by atoms with Gasteiger partial charge >= 0.3 is 0 Å². The first-order chi connectivity index (χ1) is 11.1. The maximum absolute atomic E-state index is 12.6. The average molecular weight is 371 g/mol. The van der Waals surface area contributed by atoms with Crippen LogP contribution in [0, 0.1) is 0 Å². The van der Waals surface area contributed by atoms with Crippen molar-refractivity contribution in [3.05, 3.63) is 24.2 Å². The van der Waals surface area contributed by atoms with Crippen LogP contribution in [0.4, 0.5) is 0 Å². The van der Waals surface area contributed by atoms with Gasteiger partial charge in [0.15, 0.2) is 4.34 Å². The Bertz CT molecular complexity index is 753. The highest BCUT2D eigenvalue weighted by Gasteiger charge is 2.26. The number of pyridine rings is 1. The topological polar surface area (TPSA) is 76.1 Å². The Morgan fingerprint density at radius 1 is 1.26 bits per heavy atom. The molecule has 1 fully saturated rings. The van der Waals surface area contributed by atoms with Crippen LogP contribution in [0.15, 0.2) is 32.6 Å². The van der Waals surface area contributed by atoms with Gasteiger partial charge in [0.05, 0.1) is 0 Å². The maximum atomic E-state index is 12.6. The quantitative estimate of drug-likeness (QED) is 0.805. The summed E-state index contributed by atoms with van der Waals surface area (Å²) in [6, 6.07) is 3.36. The molecule has 0 amide bonds. The van der Waals surface area contributed by atoms with Crippen LogP contribution in [0.5, 0.6) is 0 Å². The Hall–Kier alpha value is -1.03. The molecule has 9 heteroatoms. The molecule has 1 aliphatic heterocycles. The van der Waals surface area contributed by atoms with Gasteiger partial charge in [0.2, 0.25) is 10.0 Å². The molecule has 124 valence electrons. The highest BCUT2D eigenvalue weighted by molar-refractivity contribution is 8.00. The van der Waals surface area contributed by atoms with Crippen molar-refractivity contribution in [2.24, 2.45) is 0 Å². The summed E-state index contributed by atoms with van der Waals surface area (Å²) in [4.78, 5) is 8.90. The molecule has 0 aromatic carbocycles. The lowest BCUT2D eigenvalue weighted by Gasteiger charge is -2.25. The smallest absolute Gasteiger partial charge is 0.244 e. The molecule has 1 saturated heterocycles. The average Bonchev–Trinajstić information content (AvgIpc) is 3.04. The highest BCUT2D eigenvalue weighted by atomic mass is 32.2. The number of piperidine rings is 1. The second kappa shape index (κ2) is 7.25. The van der Waals surface area contributed by atoms with E-state index in [2.05, 4.69) is 14.3 Å². The SMILES string of the molecule is CCc1nsc(Sc2ccc(S(=O)(=O)N3CCCCC3)cn2)n1. The molecule has 6 nitrogen and oxygen atoms in total. The molecule has 2 aromatic rings. The zero-order chi connectivity index (χ0) is 16.3. The van der Waals surface area contributed by atoms with Gasteiger partial charge in [-0.05, 0) is 48.3 Å². The Kier molecular flexibility index (Phi) is 5.30. The molecule has 0 aliphatic carbocycles. The van der Waals surface area contributed by atoms with Gasteiger partial charge in [-0.15, -0.1) is 0 Å². The lowest BCUT2D eigenvalue weighted by atomic mass is 10.2. The predicted octanol–water partition coefficient (Wildman–Crippen LogP) is 2.82. The minimum atomic E-state index is -3.42. The van der Waals surface area contributed by atoms with Crippen LogP contribution >= 0.6 is 23.3 Å². The molecule has 1 aliphatic rings. The molecule has 23 heavy (non-hydrogen) atoms. The number of sulfonamides is 1. The van der Waals surface area contributed by atoms with Gasteiger partial charge in [-0.25, -0.2) is 18.4 Å². The summed E-state index contributed by atoms with van der Waals surface area (Å²) in [7, 11) is -3.42. The van der Waals surface area contributed by atoms with Crippen LogP contribution in [0.1, 0.15) is 32.0 Å². The standard InChI is InChI=1S/C14H18N4O2S3/c1-2-12-16-14(22-17-12)21-13-7-6-11(10-15-13)23(19,20)18-8-4-3-5-9-18/h6-7,10H,2-5,8-9H2,1H3. The number of hydrogen-bond acceptors (Lipinski definition) is 7. The number of hydrogen-bond donors (Lipinski definition) is 0. The van der Waals surface area contributed by atoms with Crippen molar-refractivity contribution in [2.45, 2.75) is 46.9 Å². The predicted molar refractivity (Wildman–Crippen MR) is 90.3 cm³/mol. The van der Waals surface area contributed by atoms with Gasteiger partial charge in [-0.3, -0.25) is 0 Å². The third kappa shape index (κ3) is 3.90. The summed E-state index contributed by atoms with van der Waals surface area (Å²) >= 11 is 2.74. The fourth-order valence-corrected chi connectivity index (χ4v) is 5.40. The van der Waals surface area contributed by atoms with Crippen LogP contribution in [-0.2, 0) is 16.4 Å². The molecule has 2 aromatic heterocycles. The number of nitrogens with zero attached hydrogens (tertiary/aromatic N) is 4. The van der Waals surface area contributed by atoms with E-state index >= 15 is 0 Å². The van der Waals surface area contributed by atoms with Crippen molar-refractivity contribution < 1.29 is 8.42 Å². The van der Waals surface area contributed by atoms with Crippen molar-refractivity contribution in [1.82, 2.24) is 18.6 Å². The van der Waals surface area contributed by atoms with E-state index in [1.165, 1.54) is 29.5 Å². The minimum Gasteiger partial charge on any atom is -0.248 e. The third-order valence-corrected chi connectivity index (χ3v) is 7.24. The summed E-state index contributed by atoms with van der Waals surface area (Å²) in [5, 5.41) is 0.724. The Balaban J connectivity index is 1.73. The van der Waals surface area contributed by atoms with Crippen molar-refractivity contribution in [3.63, 3.8) is 0 Å². The van der Waals surface area contributed by atoms with Crippen molar-refractivity contribution >= 4 is 33.3 Å². The lowest BCUT2D eigenvalue weighted by molar-refractivity contribution is 0.346. The molecule has 0 unspecified atom stereocenters. The van der Waals surface area contributed by atoms with E-state index in [9.17, 15) is 8.42 Å². The van der Waals surface area contributed by atoms with Gasteiger partial charge < -0.3 is 0 Å². The molecule has 0 saturated carbocycles. The number of aryl methyl sites for hydroxylation is 1. The van der Waals surface area contributed by atoms with E-state index in [0.29, 0.717) is 13.1 Å². The third-order valence-electron chi connectivity index (χ3n) is 3.62. The van der Waals surface area contributed by atoms with E-state index in [-0.39, 0.29) is 4.90 Å². The summed E-state index contributed by atoms with van der Waals surface area (Å²) < 4.78 is 31.7. The van der Waals surface area contributed by atoms with E-state index in [4.69, 9.17) is 0 Å². The molecule has 3 heterocycles. The van der Waals surface area contributed by atoms with E-state index in [1.807, 2.05) is 6.92 Å². The van der Waals surface area contributed by atoms with Crippen LogP contribution in [0.25, 0.3) is 0 Å². The number of rotatable bonds is 5. The first kappa shape index (κ1) is 16.8. The highest BCUT2D eigenvalue weighted by Crippen LogP contribution is 2.28. The van der Waals surface area contributed by atoms with E-state index in [1.54, 1.807) is 16.4 Å². The minimum absolute atomic E-state index is 0.260. The Morgan fingerprint density at radius 3 is 2.65 bits per heavy atom. The largest absolute Gasteiger partial charge is 0.248 e. The van der Waals surface area contributed by atoms with Gasteiger partial charge in [-0.1, -0.05) is 13.3 Å². The molecule has 0 spiro atoms. The molecular formula is C14H18N4O2S3. The van der Waals surface area contributed by atoms with Crippen LogP contribution in [0.2, 0.25) is 0 Å². The van der Waals surface area contributed by atoms with Gasteiger partial charge in [0.25, 0.3) is 0 Å². The lowest BCUT2D eigenvalue weighted by Crippen LogP contribution is -2.35. The van der Waals surface area contributed by atoms with Gasteiger partial charge in [-0.2, -0.15) is 8.68 Å². The fraction of sp³-hybridized carbons (Fsp3) is 0.500. The van der Waals surface area contributed by atoms with Crippen molar-refractivity contribution in [2.75, 3.05) is 13.1 Å². The van der Waals surface area contributed by atoms with Crippen LogP contribution < -0.4 is 0 Å². The summed E-state index contributed by atoms with van der Waals surface area (Å²) in [5.74, 6) is 0.821. The second-order valence-electron chi connectivity index (χ2n) is 5.23. The first-order valence-corrected chi connectivity index (χ1v) is 10.6. The zero-order valence-corrected chi connectivity index (χ0v) is 15.3. The first-order valence-electron chi connectivity index (χ1n) is 7.56. The zero-order valence-electron chi connectivity index (χ0n) is 12.8. The molecule has 0 bridgehead atoms. The van der Waals surface area contributed by atoms with Crippen LogP contribution in [0.3, 0.4) is 0 Å². The Morgan fingerprint density at radius 2 is 2.04 bits per heavy atom. The summed E-state index contributed by atoms with van der Waals surface area (Å²) in [6.07, 6.45) is 5.20. The van der Waals surface area contributed by atoms with Crippen molar-refractivity contribution in [3.8, 4) is 0 Å². The normalized spacial score (nSPS) is 16.6. The maximum Gasteiger partial charge on any atom is 0.244 e. The molecule has 3 rings (SSSR count). The fourth-order valence-electron chi connectivity index (χ4n) is 2.35. The molecule has 0 atom stereocenters. The summed E-state index contributed by atoms with van der Waals surface area (Å²) in [6.45, 7) is 3.21. The second-order valence-corrected chi connectivity index (χ2v) is 9.19.